The number of rotatable bonds is 6. The Morgan fingerprint density at radius 2 is 0.929 bits per heavy atom. The summed E-state index contributed by atoms with van der Waals surface area (Å²) in [4.78, 5) is -0.328. The Labute approximate surface area is 252 Å². The van der Waals surface area contributed by atoms with E-state index in [0.29, 0.717) is 0 Å². The van der Waals surface area contributed by atoms with Gasteiger partial charge in [0.1, 0.15) is 11.5 Å². The molecule has 0 aromatic heterocycles. The second-order valence-electron chi connectivity index (χ2n) is 11.4. The van der Waals surface area contributed by atoms with Crippen LogP contribution in [0.2, 0.25) is 0 Å². The number of allylic oxidation sites excluding steroid dienone is 4. The molecule has 0 radical (unpaired) electrons. The highest BCUT2D eigenvalue weighted by Crippen LogP contribution is 2.72. The SMILES string of the molecule is CC1(C)C2=C(Oc3ccccc31)C(P(c1ccccc1)c1ccccc1)(P(c1ccccc1)c1ccccc1)CC=C2. The van der Waals surface area contributed by atoms with Crippen LogP contribution in [0.5, 0.6) is 5.75 Å². The molecule has 1 nitrogen and oxygen atoms in total. The van der Waals surface area contributed by atoms with Crippen LogP contribution in [0.25, 0.3) is 0 Å². The highest BCUT2D eigenvalue weighted by atomic mass is 31.2. The van der Waals surface area contributed by atoms with E-state index in [-0.39, 0.29) is 10.3 Å². The first-order chi connectivity index (χ1) is 20.6. The van der Waals surface area contributed by atoms with Crippen molar-refractivity contribution in [3.63, 3.8) is 0 Å². The maximum atomic E-state index is 7.30. The van der Waals surface area contributed by atoms with Gasteiger partial charge in [0.05, 0.1) is 4.90 Å². The lowest BCUT2D eigenvalue weighted by atomic mass is 9.73. The van der Waals surface area contributed by atoms with E-state index in [4.69, 9.17) is 4.74 Å². The number of hydrogen-bond acceptors (Lipinski definition) is 1. The average Bonchev–Trinajstić information content (AvgIpc) is 3.04. The molecule has 42 heavy (non-hydrogen) atoms. The third-order valence-electron chi connectivity index (χ3n) is 8.54. The minimum absolute atomic E-state index is 0.199. The third-order valence-corrected chi connectivity index (χ3v) is 15.2. The van der Waals surface area contributed by atoms with Gasteiger partial charge in [-0.2, -0.15) is 0 Å². The number of fused-ring (bicyclic) bond motifs is 1. The summed E-state index contributed by atoms with van der Waals surface area (Å²) in [6, 6.07) is 53.4. The number of hydrogen-bond donors (Lipinski definition) is 0. The molecule has 0 bridgehead atoms. The van der Waals surface area contributed by atoms with E-state index in [1.54, 1.807) is 0 Å². The van der Waals surface area contributed by atoms with Gasteiger partial charge in [-0.3, -0.25) is 0 Å². The summed E-state index contributed by atoms with van der Waals surface area (Å²) in [6.45, 7) is 4.73. The molecule has 3 heteroatoms. The molecule has 0 unspecified atom stereocenters. The molecule has 1 aliphatic carbocycles. The smallest absolute Gasteiger partial charge is 0.131 e. The molecular formula is C39H34OP2. The fourth-order valence-corrected chi connectivity index (χ4v) is 14.3. The minimum Gasteiger partial charge on any atom is -0.460 e. The van der Waals surface area contributed by atoms with Crippen LogP contribution in [0.1, 0.15) is 25.8 Å². The molecule has 206 valence electrons. The molecule has 1 aliphatic heterocycles. The summed E-state index contributed by atoms with van der Waals surface area (Å²) >= 11 is 0. The van der Waals surface area contributed by atoms with Crippen LogP contribution in [-0.4, -0.2) is 4.90 Å². The number of ether oxygens (including phenoxy) is 1. The minimum atomic E-state index is -0.920. The van der Waals surface area contributed by atoms with Crippen molar-refractivity contribution in [2.24, 2.45) is 0 Å². The summed E-state index contributed by atoms with van der Waals surface area (Å²) < 4.78 is 7.30. The van der Waals surface area contributed by atoms with Crippen molar-refractivity contribution >= 4 is 37.1 Å². The van der Waals surface area contributed by atoms with Crippen molar-refractivity contribution in [2.45, 2.75) is 30.6 Å². The Bertz CT molecular complexity index is 1580. The Balaban J connectivity index is 1.62. The van der Waals surface area contributed by atoms with Crippen LogP contribution in [0.15, 0.2) is 169 Å². The second kappa shape index (κ2) is 11.1. The Morgan fingerprint density at radius 1 is 0.524 bits per heavy atom. The highest BCUT2D eigenvalue weighted by Gasteiger charge is 2.56. The molecule has 0 N–H and O–H groups in total. The maximum absolute atomic E-state index is 7.30. The van der Waals surface area contributed by atoms with Gasteiger partial charge in [-0.05, 0) is 49.5 Å². The van der Waals surface area contributed by atoms with Crippen LogP contribution >= 0.6 is 15.8 Å². The normalized spacial score (nSPS) is 16.6. The first-order valence-electron chi connectivity index (χ1n) is 14.6. The summed E-state index contributed by atoms with van der Waals surface area (Å²) in [5, 5.41) is 5.50. The average molecular weight is 581 g/mol. The zero-order valence-electron chi connectivity index (χ0n) is 24.0. The molecule has 5 aromatic rings. The van der Waals surface area contributed by atoms with Crippen molar-refractivity contribution in [1.29, 1.82) is 0 Å². The second-order valence-corrected chi connectivity index (χ2v) is 16.7. The zero-order valence-corrected chi connectivity index (χ0v) is 25.8. The molecule has 7 rings (SSSR count). The van der Waals surface area contributed by atoms with E-state index in [0.717, 1.165) is 17.9 Å². The monoisotopic (exact) mass is 580 g/mol. The largest absolute Gasteiger partial charge is 0.460 e. The Hall–Kier alpha value is -3.76. The van der Waals surface area contributed by atoms with Crippen LogP contribution < -0.4 is 26.0 Å². The summed E-state index contributed by atoms with van der Waals surface area (Å²) in [6.07, 6.45) is 5.70. The summed E-state index contributed by atoms with van der Waals surface area (Å²) in [7, 11) is -1.84. The molecular weight excluding hydrogens is 546 g/mol. The zero-order chi connectivity index (χ0) is 28.6. The molecule has 0 atom stereocenters. The molecule has 0 spiro atoms. The lowest BCUT2D eigenvalue weighted by molar-refractivity contribution is 0.346. The quantitative estimate of drug-likeness (QED) is 0.183. The van der Waals surface area contributed by atoms with Gasteiger partial charge < -0.3 is 4.74 Å². The van der Waals surface area contributed by atoms with Crippen molar-refractivity contribution in [2.75, 3.05) is 0 Å². The molecule has 0 saturated heterocycles. The first kappa shape index (κ1) is 27.1. The van der Waals surface area contributed by atoms with Gasteiger partial charge in [0.15, 0.2) is 0 Å². The molecule has 2 aliphatic rings. The highest BCUT2D eigenvalue weighted by molar-refractivity contribution is 7.91. The van der Waals surface area contributed by atoms with E-state index < -0.39 is 15.8 Å². The van der Waals surface area contributed by atoms with Crippen LogP contribution in [0, 0.1) is 0 Å². The van der Waals surface area contributed by atoms with E-state index in [9.17, 15) is 0 Å². The molecule has 1 heterocycles. The lowest BCUT2D eigenvalue weighted by Crippen LogP contribution is -2.46. The first-order valence-corrected chi connectivity index (χ1v) is 17.3. The van der Waals surface area contributed by atoms with E-state index in [2.05, 4.69) is 172 Å². The molecule has 0 saturated carbocycles. The van der Waals surface area contributed by atoms with Gasteiger partial charge in [0.25, 0.3) is 0 Å². The van der Waals surface area contributed by atoms with Gasteiger partial charge in [-0.25, -0.2) is 0 Å². The van der Waals surface area contributed by atoms with Gasteiger partial charge >= 0.3 is 0 Å². The molecule has 0 fully saturated rings. The predicted octanol–water partition coefficient (Wildman–Crippen LogP) is 8.53. The van der Waals surface area contributed by atoms with E-state index >= 15 is 0 Å². The fraction of sp³-hybridized carbons (Fsp3) is 0.128. The topological polar surface area (TPSA) is 9.23 Å². The van der Waals surface area contributed by atoms with E-state index in [1.807, 2.05) is 0 Å². The van der Waals surface area contributed by atoms with Crippen molar-refractivity contribution < 1.29 is 4.74 Å². The van der Waals surface area contributed by atoms with Gasteiger partial charge in [0, 0.05) is 16.6 Å². The van der Waals surface area contributed by atoms with Crippen molar-refractivity contribution in [1.82, 2.24) is 0 Å². The third kappa shape index (κ3) is 4.48. The number of para-hydroxylation sites is 1. The molecule has 0 amide bonds. The van der Waals surface area contributed by atoms with Crippen LogP contribution in [0.3, 0.4) is 0 Å². The van der Waals surface area contributed by atoms with Gasteiger partial charge in [-0.1, -0.05) is 166 Å². The van der Waals surface area contributed by atoms with Crippen LogP contribution in [-0.2, 0) is 5.41 Å². The van der Waals surface area contributed by atoms with Crippen LogP contribution in [0.4, 0.5) is 0 Å². The van der Waals surface area contributed by atoms with Gasteiger partial charge in [-0.15, -0.1) is 0 Å². The number of benzene rings is 5. The van der Waals surface area contributed by atoms with E-state index in [1.165, 1.54) is 32.4 Å². The van der Waals surface area contributed by atoms with Gasteiger partial charge in [0.2, 0.25) is 0 Å². The summed E-state index contributed by atoms with van der Waals surface area (Å²) in [5.74, 6) is 2.12. The standard InChI is InChI=1S/C39H34OP2/c1-38(2)34-26-15-16-28-36(34)40-37-35(38)27-17-29-39(37,41(30-18-7-3-8-19-30)31-20-9-4-10-21-31)42(32-22-11-5-12-23-32)33-24-13-6-14-25-33/h3-28H,29H2,1-2H3. The summed E-state index contributed by atoms with van der Waals surface area (Å²) in [5.41, 5.74) is 2.35. The Kier molecular flexibility index (Phi) is 7.19. The predicted molar refractivity (Wildman–Crippen MR) is 182 cm³/mol. The maximum Gasteiger partial charge on any atom is 0.131 e. The Morgan fingerprint density at radius 3 is 1.38 bits per heavy atom. The van der Waals surface area contributed by atoms with Crippen molar-refractivity contribution in [3.8, 4) is 5.75 Å². The molecule has 5 aromatic carbocycles. The van der Waals surface area contributed by atoms with Crippen molar-refractivity contribution in [3.05, 3.63) is 175 Å². The lowest BCUT2D eigenvalue weighted by Gasteiger charge is -2.52. The fourth-order valence-electron chi connectivity index (χ4n) is 6.63.